The van der Waals surface area contributed by atoms with E-state index in [0.29, 0.717) is 18.4 Å². The number of nitrogens with zero attached hydrogens (tertiary/aromatic N) is 1. The van der Waals surface area contributed by atoms with Gasteiger partial charge in [0.2, 0.25) is 0 Å². The number of carbonyl (C=O) groups is 1. The summed E-state index contributed by atoms with van der Waals surface area (Å²) in [5.74, 6) is -0.246. The van der Waals surface area contributed by atoms with Gasteiger partial charge in [-0.05, 0) is 29.9 Å². The van der Waals surface area contributed by atoms with Crippen molar-refractivity contribution >= 4 is 11.6 Å². The summed E-state index contributed by atoms with van der Waals surface area (Å²) in [7, 11) is 0. The van der Waals surface area contributed by atoms with Crippen molar-refractivity contribution in [3.8, 4) is 0 Å². The Balaban J connectivity index is 2.88. The van der Waals surface area contributed by atoms with E-state index < -0.39 is 22.3 Å². The Labute approximate surface area is 123 Å². The second-order valence-corrected chi connectivity index (χ2v) is 5.78. The quantitative estimate of drug-likeness (QED) is 0.646. The molecule has 0 aromatic heterocycles. The van der Waals surface area contributed by atoms with E-state index in [-0.39, 0.29) is 11.5 Å². The van der Waals surface area contributed by atoms with E-state index >= 15 is 0 Å². The van der Waals surface area contributed by atoms with Crippen LogP contribution in [0.25, 0.3) is 0 Å². The van der Waals surface area contributed by atoms with E-state index in [1.807, 2.05) is 0 Å². The minimum Gasteiger partial charge on any atom is -0.352 e. The summed E-state index contributed by atoms with van der Waals surface area (Å²) in [6, 6.07) is 2.95. The zero-order valence-corrected chi connectivity index (χ0v) is 12.7. The van der Waals surface area contributed by atoms with Gasteiger partial charge in [0.25, 0.3) is 11.6 Å². The average molecular weight is 296 g/mol. The van der Waals surface area contributed by atoms with Crippen LogP contribution >= 0.6 is 0 Å². The number of nitro benzene ring substituents is 1. The predicted molar refractivity (Wildman–Crippen MR) is 78.6 cm³/mol. The Morgan fingerprint density at radius 1 is 1.29 bits per heavy atom. The van der Waals surface area contributed by atoms with Crippen molar-refractivity contribution in [3.63, 3.8) is 0 Å². The van der Waals surface area contributed by atoms with Crippen LogP contribution in [0.2, 0.25) is 0 Å². The topological polar surface area (TPSA) is 72.2 Å². The van der Waals surface area contributed by atoms with Crippen molar-refractivity contribution in [3.05, 3.63) is 39.7 Å². The molecule has 6 heteroatoms. The molecule has 0 aliphatic rings. The number of amides is 1. The highest BCUT2D eigenvalue weighted by Gasteiger charge is 2.23. The Bertz CT molecular complexity index is 522. The monoisotopic (exact) mass is 296 g/mol. The highest BCUT2D eigenvalue weighted by Crippen LogP contribution is 2.22. The number of hydrogen-bond donors (Lipinski definition) is 1. The van der Waals surface area contributed by atoms with Gasteiger partial charge >= 0.3 is 0 Å². The van der Waals surface area contributed by atoms with Crippen LogP contribution in [0.15, 0.2) is 18.2 Å². The molecule has 21 heavy (non-hydrogen) atoms. The van der Waals surface area contributed by atoms with Gasteiger partial charge in [-0.25, -0.2) is 4.39 Å². The number of benzene rings is 1. The zero-order valence-electron chi connectivity index (χ0n) is 12.7. The van der Waals surface area contributed by atoms with Crippen LogP contribution in [0.3, 0.4) is 0 Å². The second kappa shape index (κ2) is 7.15. The Morgan fingerprint density at radius 2 is 1.86 bits per heavy atom. The molecule has 0 unspecified atom stereocenters. The summed E-state index contributed by atoms with van der Waals surface area (Å²) < 4.78 is 13.1. The highest BCUT2D eigenvalue weighted by atomic mass is 19.1. The number of hydrogen-bond acceptors (Lipinski definition) is 3. The molecule has 0 radical (unpaired) electrons. The summed E-state index contributed by atoms with van der Waals surface area (Å²) in [5, 5.41) is 13.6. The molecule has 0 aliphatic carbocycles. The van der Waals surface area contributed by atoms with Crippen LogP contribution in [0.1, 0.15) is 38.1 Å². The minimum atomic E-state index is -0.750. The van der Waals surface area contributed by atoms with E-state index in [4.69, 9.17) is 0 Å². The van der Waals surface area contributed by atoms with Gasteiger partial charge in [-0.2, -0.15) is 0 Å². The first kappa shape index (κ1) is 17.1. The van der Waals surface area contributed by atoms with Crippen LogP contribution in [-0.2, 0) is 0 Å². The number of carbonyl (C=O) groups excluding carboxylic acids is 1. The maximum Gasteiger partial charge on any atom is 0.285 e. The van der Waals surface area contributed by atoms with E-state index in [2.05, 4.69) is 33.0 Å². The summed E-state index contributed by atoms with van der Waals surface area (Å²) in [6.45, 7) is 8.70. The molecule has 116 valence electrons. The normalized spacial score (nSPS) is 11.2. The van der Waals surface area contributed by atoms with Gasteiger partial charge in [0.05, 0.1) is 11.0 Å². The third-order valence-corrected chi connectivity index (χ3v) is 3.61. The minimum absolute atomic E-state index is 0.118. The SMILES string of the molecule is CC(C)C(CNC(=O)c1ccc(F)cc1[N+](=O)[O-])C(C)C. The molecular weight excluding hydrogens is 275 g/mol. The Hall–Kier alpha value is -1.98. The lowest BCUT2D eigenvalue weighted by Gasteiger charge is -2.25. The van der Waals surface area contributed by atoms with Gasteiger partial charge in [0.15, 0.2) is 0 Å². The van der Waals surface area contributed by atoms with Crippen LogP contribution in [0.5, 0.6) is 0 Å². The van der Waals surface area contributed by atoms with Gasteiger partial charge in [0, 0.05) is 6.54 Å². The standard InChI is InChI=1S/C15H21FN2O3/c1-9(2)13(10(3)4)8-17-15(19)12-6-5-11(16)7-14(12)18(20)21/h5-7,9-10,13H,8H2,1-4H3,(H,17,19). The number of halogens is 1. The van der Waals surface area contributed by atoms with Crippen LogP contribution in [0.4, 0.5) is 10.1 Å². The zero-order chi connectivity index (χ0) is 16.2. The van der Waals surface area contributed by atoms with E-state index in [1.165, 1.54) is 0 Å². The molecule has 0 fully saturated rings. The average Bonchev–Trinajstić information content (AvgIpc) is 2.37. The number of nitro groups is 1. The Morgan fingerprint density at radius 3 is 2.33 bits per heavy atom. The number of nitrogens with one attached hydrogen (secondary N) is 1. The van der Waals surface area contributed by atoms with Crippen LogP contribution < -0.4 is 5.32 Å². The lowest BCUT2D eigenvalue weighted by Crippen LogP contribution is -2.34. The molecular formula is C15H21FN2O3. The molecule has 0 bridgehead atoms. The third kappa shape index (κ3) is 4.51. The molecule has 1 rings (SSSR count). The van der Waals surface area contributed by atoms with E-state index in [9.17, 15) is 19.3 Å². The van der Waals surface area contributed by atoms with Crippen molar-refractivity contribution in [1.29, 1.82) is 0 Å². The molecule has 1 N–H and O–H groups in total. The fourth-order valence-electron chi connectivity index (χ4n) is 2.39. The van der Waals surface area contributed by atoms with Crippen molar-refractivity contribution in [2.45, 2.75) is 27.7 Å². The summed E-state index contributed by atoms with van der Waals surface area (Å²) >= 11 is 0. The number of rotatable bonds is 6. The summed E-state index contributed by atoms with van der Waals surface area (Å²) in [6.07, 6.45) is 0. The fraction of sp³-hybridized carbons (Fsp3) is 0.533. The molecule has 5 nitrogen and oxygen atoms in total. The van der Waals surface area contributed by atoms with Crippen molar-refractivity contribution in [2.24, 2.45) is 17.8 Å². The molecule has 1 aromatic rings. The molecule has 1 amide bonds. The van der Waals surface area contributed by atoms with Crippen molar-refractivity contribution in [2.75, 3.05) is 6.54 Å². The lowest BCUT2D eigenvalue weighted by atomic mass is 9.85. The van der Waals surface area contributed by atoms with Gasteiger partial charge in [0.1, 0.15) is 11.4 Å². The van der Waals surface area contributed by atoms with Crippen molar-refractivity contribution < 1.29 is 14.1 Å². The lowest BCUT2D eigenvalue weighted by molar-refractivity contribution is -0.385. The van der Waals surface area contributed by atoms with Crippen molar-refractivity contribution in [1.82, 2.24) is 5.32 Å². The van der Waals surface area contributed by atoms with Crippen LogP contribution in [-0.4, -0.2) is 17.4 Å². The van der Waals surface area contributed by atoms with Gasteiger partial charge in [-0.3, -0.25) is 14.9 Å². The first-order valence-electron chi connectivity index (χ1n) is 6.96. The Kier molecular flexibility index (Phi) is 5.81. The van der Waals surface area contributed by atoms with Crippen LogP contribution in [0, 0.1) is 33.7 Å². The maximum absolute atomic E-state index is 13.1. The second-order valence-electron chi connectivity index (χ2n) is 5.78. The van der Waals surface area contributed by atoms with Gasteiger partial charge < -0.3 is 5.32 Å². The van der Waals surface area contributed by atoms with Gasteiger partial charge in [-0.1, -0.05) is 27.7 Å². The van der Waals surface area contributed by atoms with Gasteiger partial charge in [-0.15, -0.1) is 0 Å². The molecule has 0 saturated carbocycles. The summed E-state index contributed by atoms with van der Waals surface area (Å²) in [5.41, 5.74) is -0.634. The first-order chi connectivity index (χ1) is 9.73. The smallest absolute Gasteiger partial charge is 0.285 e. The molecule has 0 aliphatic heterocycles. The maximum atomic E-state index is 13.1. The molecule has 0 saturated heterocycles. The van der Waals surface area contributed by atoms with E-state index in [0.717, 1.165) is 18.2 Å². The molecule has 1 aromatic carbocycles. The highest BCUT2D eigenvalue weighted by molar-refractivity contribution is 5.98. The predicted octanol–water partition coefficient (Wildman–Crippen LogP) is 3.39. The summed E-state index contributed by atoms with van der Waals surface area (Å²) in [4.78, 5) is 22.2. The molecule has 0 heterocycles. The molecule has 0 spiro atoms. The first-order valence-corrected chi connectivity index (χ1v) is 6.96. The third-order valence-electron chi connectivity index (χ3n) is 3.61. The molecule has 0 atom stereocenters. The largest absolute Gasteiger partial charge is 0.352 e. The fourth-order valence-corrected chi connectivity index (χ4v) is 2.39. The van der Waals surface area contributed by atoms with E-state index in [1.54, 1.807) is 0 Å².